The Morgan fingerprint density at radius 1 is 1.13 bits per heavy atom. The van der Waals surface area contributed by atoms with Gasteiger partial charge in [0.05, 0.1) is 17.1 Å². The number of nitrogens with zero attached hydrogens (tertiary/aromatic N) is 4. The average molecular weight is 532 g/mol. The molecule has 5 rings (SSSR count). The summed E-state index contributed by atoms with van der Waals surface area (Å²) < 4.78 is 6.44. The van der Waals surface area contributed by atoms with E-state index in [1.807, 2.05) is 49.1 Å². The van der Waals surface area contributed by atoms with Crippen molar-refractivity contribution < 1.29 is 9.21 Å². The molecule has 38 heavy (non-hydrogen) atoms. The Hall–Kier alpha value is -3.91. The molecule has 1 N–H and O–H groups in total. The molecule has 3 aromatic heterocycles. The molecule has 1 saturated heterocycles. The van der Waals surface area contributed by atoms with Crippen LogP contribution in [0, 0.1) is 13.8 Å². The van der Waals surface area contributed by atoms with Crippen LogP contribution in [-0.2, 0) is 4.79 Å². The minimum atomic E-state index is -0.217. The van der Waals surface area contributed by atoms with Crippen LogP contribution in [0.4, 0.5) is 11.5 Å². The van der Waals surface area contributed by atoms with Gasteiger partial charge in [-0.15, -0.1) is 0 Å². The normalized spacial score (nSPS) is 14.6. The van der Waals surface area contributed by atoms with E-state index in [1.165, 1.54) is 0 Å². The van der Waals surface area contributed by atoms with E-state index in [2.05, 4.69) is 20.2 Å². The first-order chi connectivity index (χ1) is 18.2. The van der Waals surface area contributed by atoms with Gasteiger partial charge in [-0.1, -0.05) is 17.7 Å². The molecule has 0 bridgehead atoms. The number of benzene rings is 1. The Balaban J connectivity index is 1.54. The van der Waals surface area contributed by atoms with Gasteiger partial charge < -0.3 is 19.5 Å². The minimum Gasteiger partial charge on any atom is -0.455 e. The van der Waals surface area contributed by atoms with Gasteiger partial charge in [-0.05, 0) is 56.7 Å². The van der Waals surface area contributed by atoms with Gasteiger partial charge in [-0.3, -0.25) is 14.6 Å². The number of fused-ring (bicyclic) bond motifs is 1. The van der Waals surface area contributed by atoms with Crippen LogP contribution in [-0.4, -0.2) is 47.0 Å². The molecule has 0 aliphatic carbocycles. The van der Waals surface area contributed by atoms with Crippen LogP contribution in [0.1, 0.15) is 36.6 Å². The van der Waals surface area contributed by atoms with Gasteiger partial charge in [0.1, 0.15) is 16.5 Å². The molecule has 1 atom stereocenters. The lowest BCUT2D eigenvalue weighted by Crippen LogP contribution is -2.48. The first kappa shape index (κ1) is 25.7. The van der Waals surface area contributed by atoms with Crippen molar-refractivity contribution in [2.24, 2.45) is 0 Å². The van der Waals surface area contributed by atoms with Crippen LogP contribution in [0.15, 0.2) is 58.0 Å². The number of hydrogen-bond acceptors (Lipinski definition) is 7. The summed E-state index contributed by atoms with van der Waals surface area (Å²) in [6, 6.07) is 11.1. The Morgan fingerprint density at radius 3 is 2.58 bits per heavy atom. The molecule has 0 unspecified atom stereocenters. The third kappa shape index (κ3) is 4.96. The lowest BCUT2D eigenvalue weighted by molar-refractivity contribution is -0.129. The molecule has 8 nitrogen and oxygen atoms in total. The van der Waals surface area contributed by atoms with Gasteiger partial charge >= 0.3 is 0 Å². The van der Waals surface area contributed by atoms with Gasteiger partial charge in [0.2, 0.25) is 5.91 Å². The zero-order valence-electron chi connectivity index (χ0n) is 21.9. The second-order valence-electron chi connectivity index (χ2n) is 9.72. The van der Waals surface area contributed by atoms with Crippen LogP contribution < -0.4 is 15.6 Å². The fourth-order valence-electron chi connectivity index (χ4n) is 4.98. The Morgan fingerprint density at radius 2 is 1.89 bits per heavy atom. The molecule has 1 aliphatic heterocycles. The van der Waals surface area contributed by atoms with E-state index in [4.69, 9.17) is 16.0 Å². The molecule has 9 heteroatoms. The number of pyridine rings is 2. The first-order valence-corrected chi connectivity index (χ1v) is 13.0. The molecule has 4 aromatic rings. The van der Waals surface area contributed by atoms with Gasteiger partial charge in [0.25, 0.3) is 0 Å². The molecule has 196 valence electrons. The maximum absolute atomic E-state index is 13.4. The van der Waals surface area contributed by atoms with E-state index in [0.29, 0.717) is 53.6 Å². The standard InChI is InChI=1S/C29H30ClN5O3/c1-17-14-22(28-23(15-17)26(37)18(2)27(38-28)21-6-5-9-31-16-21)19(3)32-24-7-8-25(30)33-29(24)35-12-10-34(11-13-35)20(4)36/h5-9,14-16,19,32H,10-13H2,1-4H3/t19-/m1/s1. The summed E-state index contributed by atoms with van der Waals surface area (Å²) in [4.78, 5) is 38.0. The third-order valence-electron chi connectivity index (χ3n) is 7.02. The van der Waals surface area contributed by atoms with E-state index in [9.17, 15) is 9.59 Å². The summed E-state index contributed by atoms with van der Waals surface area (Å²) in [6.45, 7) is 9.96. The van der Waals surface area contributed by atoms with Crippen molar-refractivity contribution in [2.75, 3.05) is 36.4 Å². The van der Waals surface area contributed by atoms with Crippen molar-refractivity contribution in [3.63, 3.8) is 0 Å². The highest BCUT2D eigenvalue weighted by Crippen LogP contribution is 2.34. The van der Waals surface area contributed by atoms with E-state index in [1.54, 1.807) is 32.3 Å². The largest absolute Gasteiger partial charge is 0.455 e. The molecule has 1 aliphatic rings. The molecule has 4 heterocycles. The highest BCUT2D eigenvalue weighted by molar-refractivity contribution is 6.29. The Kier molecular flexibility index (Phi) is 7.08. The quantitative estimate of drug-likeness (QED) is 0.346. The summed E-state index contributed by atoms with van der Waals surface area (Å²) in [7, 11) is 0. The zero-order chi connectivity index (χ0) is 27.0. The van der Waals surface area contributed by atoms with Crippen molar-refractivity contribution in [3.05, 3.63) is 80.9 Å². The maximum Gasteiger partial charge on any atom is 0.219 e. The first-order valence-electron chi connectivity index (χ1n) is 12.6. The van der Waals surface area contributed by atoms with Crippen molar-refractivity contribution in [3.8, 4) is 11.3 Å². The predicted molar refractivity (Wildman–Crippen MR) is 151 cm³/mol. The van der Waals surface area contributed by atoms with Crippen LogP contribution >= 0.6 is 11.6 Å². The number of aromatic nitrogens is 2. The van der Waals surface area contributed by atoms with Gasteiger partial charge in [-0.2, -0.15) is 0 Å². The second kappa shape index (κ2) is 10.5. The Bertz CT molecular complexity index is 1560. The van der Waals surface area contributed by atoms with E-state index in [-0.39, 0.29) is 17.4 Å². The Labute approximate surface area is 226 Å². The summed E-state index contributed by atoms with van der Waals surface area (Å²) in [5.41, 5.74) is 4.45. The van der Waals surface area contributed by atoms with Crippen LogP contribution in [0.2, 0.25) is 5.15 Å². The van der Waals surface area contributed by atoms with Crippen LogP contribution in [0.5, 0.6) is 0 Å². The number of aryl methyl sites for hydroxylation is 1. The lowest BCUT2D eigenvalue weighted by atomic mass is 9.99. The van der Waals surface area contributed by atoms with Crippen LogP contribution in [0.3, 0.4) is 0 Å². The lowest BCUT2D eigenvalue weighted by Gasteiger charge is -2.36. The highest BCUT2D eigenvalue weighted by Gasteiger charge is 2.24. The smallest absolute Gasteiger partial charge is 0.219 e. The molecular formula is C29H30ClN5O3. The number of rotatable bonds is 5. The monoisotopic (exact) mass is 531 g/mol. The highest BCUT2D eigenvalue weighted by atomic mass is 35.5. The third-order valence-corrected chi connectivity index (χ3v) is 7.23. The number of piperazine rings is 1. The topological polar surface area (TPSA) is 91.6 Å². The van der Waals surface area contributed by atoms with E-state index >= 15 is 0 Å². The summed E-state index contributed by atoms with van der Waals surface area (Å²) in [5.74, 6) is 1.33. The summed E-state index contributed by atoms with van der Waals surface area (Å²) >= 11 is 6.29. The molecule has 0 radical (unpaired) electrons. The molecule has 1 fully saturated rings. The van der Waals surface area contributed by atoms with Crippen molar-refractivity contribution in [2.45, 2.75) is 33.7 Å². The maximum atomic E-state index is 13.4. The SMILES string of the molecule is CC(=O)N1CCN(c2nc(Cl)ccc2N[C@H](C)c2cc(C)cc3c(=O)c(C)c(-c4cccnc4)oc23)CC1. The number of halogens is 1. The fraction of sp³-hybridized carbons (Fsp3) is 0.310. The molecule has 0 saturated carbocycles. The molecule has 1 amide bonds. The van der Waals surface area contributed by atoms with E-state index in [0.717, 1.165) is 28.2 Å². The summed E-state index contributed by atoms with van der Waals surface area (Å²) in [5, 5.41) is 4.53. The molecule has 0 spiro atoms. The number of carbonyl (C=O) groups excluding carboxylic acids is 1. The number of nitrogens with one attached hydrogen (secondary N) is 1. The zero-order valence-corrected chi connectivity index (χ0v) is 22.7. The van der Waals surface area contributed by atoms with Crippen LogP contribution in [0.25, 0.3) is 22.3 Å². The predicted octanol–water partition coefficient (Wildman–Crippen LogP) is 5.36. The number of hydrogen-bond donors (Lipinski definition) is 1. The fourth-order valence-corrected chi connectivity index (χ4v) is 5.13. The number of carbonyl (C=O) groups is 1. The van der Waals surface area contributed by atoms with Gasteiger partial charge in [0, 0.05) is 62.2 Å². The van der Waals surface area contributed by atoms with Crippen molar-refractivity contribution in [1.82, 2.24) is 14.9 Å². The number of amides is 1. The molecule has 1 aromatic carbocycles. The second-order valence-corrected chi connectivity index (χ2v) is 10.1. The van der Waals surface area contributed by atoms with Crippen molar-refractivity contribution >= 4 is 40.0 Å². The van der Waals surface area contributed by atoms with E-state index < -0.39 is 0 Å². The van der Waals surface area contributed by atoms with Gasteiger partial charge in [0.15, 0.2) is 11.2 Å². The van der Waals surface area contributed by atoms with Gasteiger partial charge in [-0.25, -0.2) is 4.98 Å². The number of anilines is 2. The minimum absolute atomic E-state index is 0.0561. The summed E-state index contributed by atoms with van der Waals surface area (Å²) in [6.07, 6.45) is 3.39. The van der Waals surface area contributed by atoms with Crippen molar-refractivity contribution in [1.29, 1.82) is 0 Å². The average Bonchev–Trinajstić information content (AvgIpc) is 2.92. The molecular weight excluding hydrogens is 502 g/mol.